The van der Waals surface area contributed by atoms with Gasteiger partial charge in [-0.15, -0.1) is 11.3 Å². The van der Waals surface area contributed by atoms with E-state index in [0.29, 0.717) is 16.3 Å². The standard InChI is InChI=1S/C17H18N4O5S/c1-8-6-7-11(15(19-8)21(24)25)26-9(2)16(23)20-17-13(14(18)22)10-4-3-5-12(10)27-17/h6-7,9H,3-5H2,1-2H3,(H2,18,22)(H,20,23)/t9-/m1/s1. The minimum atomic E-state index is -1.04. The normalized spacial score (nSPS) is 13.7. The molecule has 2 amide bonds. The van der Waals surface area contributed by atoms with Gasteiger partial charge in [-0.2, -0.15) is 0 Å². The molecule has 0 aromatic carbocycles. The van der Waals surface area contributed by atoms with Crippen molar-refractivity contribution < 1.29 is 19.2 Å². The Morgan fingerprint density at radius 3 is 2.81 bits per heavy atom. The first-order valence-corrected chi connectivity index (χ1v) is 9.13. The number of hydrogen-bond donors (Lipinski definition) is 2. The number of thiophene rings is 1. The summed E-state index contributed by atoms with van der Waals surface area (Å²) in [6.07, 6.45) is 1.53. The first-order chi connectivity index (χ1) is 12.8. The number of amides is 2. The zero-order chi connectivity index (χ0) is 19.7. The fraction of sp³-hybridized carbons (Fsp3) is 0.353. The smallest absolute Gasteiger partial charge is 0.406 e. The number of nitrogens with one attached hydrogen (secondary N) is 1. The Labute approximate surface area is 158 Å². The lowest BCUT2D eigenvalue weighted by molar-refractivity contribution is -0.390. The van der Waals surface area contributed by atoms with Crippen molar-refractivity contribution in [1.29, 1.82) is 0 Å². The molecule has 0 aliphatic heterocycles. The van der Waals surface area contributed by atoms with Gasteiger partial charge in [-0.25, -0.2) is 0 Å². The summed E-state index contributed by atoms with van der Waals surface area (Å²) < 4.78 is 5.45. The fourth-order valence-electron chi connectivity index (χ4n) is 2.96. The number of carbonyl (C=O) groups excluding carboxylic acids is 2. The van der Waals surface area contributed by atoms with Crippen LogP contribution in [0.1, 0.15) is 39.8 Å². The zero-order valence-electron chi connectivity index (χ0n) is 14.8. The van der Waals surface area contributed by atoms with E-state index in [9.17, 15) is 19.7 Å². The third-order valence-corrected chi connectivity index (χ3v) is 5.44. The highest BCUT2D eigenvalue weighted by Gasteiger charge is 2.28. The minimum Gasteiger partial charge on any atom is -0.473 e. The quantitative estimate of drug-likeness (QED) is 0.574. The Kier molecular flexibility index (Phi) is 5.08. The summed E-state index contributed by atoms with van der Waals surface area (Å²) in [5.41, 5.74) is 7.18. The number of nitro groups is 1. The van der Waals surface area contributed by atoms with Crippen molar-refractivity contribution in [3.63, 3.8) is 0 Å². The van der Waals surface area contributed by atoms with Gasteiger partial charge in [-0.1, -0.05) is 0 Å². The van der Waals surface area contributed by atoms with Crippen LogP contribution in [0.15, 0.2) is 12.1 Å². The summed E-state index contributed by atoms with van der Waals surface area (Å²) in [7, 11) is 0. The third kappa shape index (κ3) is 3.75. The van der Waals surface area contributed by atoms with Crippen LogP contribution in [0.4, 0.5) is 10.8 Å². The summed E-state index contributed by atoms with van der Waals surface area (Å²) in [4.78, 5) is 39.6. The Morgan fingerprint density at radius 1 is 1.41 bits per heavy atom. The number of nitrogens with zero attached hydrogens (tertiary/aromatic N) is 2. The average molecular weight is 390 g/mol. The third-order valence-electron chi connectivity index (χ3n) is 4.23. The van der Waals surface area contributed by atoms with Crippen LogP contribution in [-0.2, 0) is 17.6 Å². The van der Waals surface area contributed by atoms with Gasteiger partial charge < -0.3 is 25.9 Å². The van der Waals surface area contributed by atoms with Crippen LogP contribution in [0.2, 0.25) is 0 Å². The molecule has 27 heavy (non-hydrogen) atoms. The number of hydrogen-bond acceptors (Lipinski definition) is 7. The van der Waals surface area contributed by atoms with Crippen LogP contribution in [0.5, 0.6) is 5.75 Å². The second kappa shape index (κ2) is 7.31. The number of ether oxygens (including phenoxy) is 1. The predicted molar refractivity (Wildman–Crippen MR) is 99.2 cm³/mol. The molecule has 3 rings (SSSR count). The van der Waals surface area contributed by atoms with Crippen molar-refractivity contribution in [2.75, 3.05) is 5.32 Å². The van der Waals surface area contributed by atoms with Crippen molar-refractivity contribution in [2.24, 2.45) is 5.73 Å². The molecule has 0 spiro atoms. The molecular formula is C17H18N4O5S. The monoisotopic (exact) mass is 390 g/mol. The van der Waals surface area contributed by atoms with Gasteiger partial charge in [0, 0.05) is 11.8 Å². The van der Waals surface area contributed by atoms with Crippen molar-refractivity contribution in [3.05, 3.63) is 43.9 Å². The van der Waals surface area contributed by atoms with E-state index in [1.54, 1.807) is 13.0 Å². The second-order valence-electron chi connectivity index (χ2n) is 6.21. The molecule has 2 aromatic rings. The molecule has 142 valence electrons. The number of primary amides is 1. The topological polar surface area (TPSA) is 137 Å². The number of nitrogens with two attached hydrogens (primary N) is 1. The molecule has 2 aromatic heterocycles. The van der Waals surface area contributed by atoms with E-state index in [1.807, 2.05) is 0 Å². The Morgan fingerprint density at radius 2 is 2.15 bits per heavy atom. The molecule has 0 radical (unpaired) electrons. The number of aromatic nitrogens is 1. The Balaban J connectivity index is 1.78. The molecule has 3 N–H and O–H groups in total. The maximum absolute atomic E-state index is 12.5. The van der Waals surface area contributed by atoms with Crippen LogP contribution < -0.4 is 15.8 Å². The Bertz CT molecular complexity index is 940. The minimum absolute atomic E-state index is 0.1000. The zero-order valence-corrected chi connectivity index (χ0v) is 15.6. The lowest BCUT2D eigenvalue weighted by atomic mass is 10.1. The molecule has 0 bridgehead atoms. The largest absolute Gasteiger partial charge is 0.473 e. The van der Waals surface area contributed by atoms with Crippen molar-refractivity contribution >= 4 is 34.0 Å². The van der Waals surface area contributed by atoms with Gasteiger partial charge in [0.15, 0.2) is 6.10 Å². The van der Waals surface area contributed by atoms with Crippen molar-refractivity contribution in [2.45, 2.75) is 39.2 Å². The van der Waals surface area contributed by atoms with Crippen LogP contribution in [0.3, 0.4) is 0 Å². The first kappa shape index (κ1) is 18.8. The molecule has 0 fully saturated rings. The molecular weight excluding hydrogens is 372 g/mol. The van der Waals surface area contributed by atoms with Gasteiger partial charge >= 0.3 is 5.82 Å². The molecule has 1 atom stereocenters. The van der Waals surface area contributed by atoms with Gasteiger partial charge in [0.1, 0.15) is 10.7 Å². The second-order valence-corrected chi connectivity index (χ2v) is 7.31. The highest BCUT2D eigenvalue weighted by molar-refractivity contribution is 7.17. The number of aryl methyl sites for hydroxylation is 2. The van der Waals surface area contributed by atoms with E-state index >= 15 is 0 Å². The number of pyridine rings is 1. The van der Waals surface area contributed by atoms with Crippen molar-refractivity contribution in [3.8, 4) is 5.75 Å². The molecule has 0 saturated heterocycles. The van der Waals surface area contributed by atoms with E-state index < -0.39 is 28.7 Å². The Hall–Kier alpha value is -3.01. The molecule has 0 saturated carbocycles. The van der Waals surface area contributed by atoms with Crippen molar-refractivity contribution in [1.82, 2.24) is 4.98 Å². The van der Waals surface area contributed by atoms with Crippen LogP contribution >= 0.6 is 11.3 Å². The van der Waals surface area contributed by atoms with Gasteiger partial charge in [-0.05, 0) is 53.8 Å². The fourth-order valence-corrected chi connectivity index (χ4v) is 4.26. The summed E-state index contributed by atoms with van der Waals surface area (Å²) in [6.45, 7) is 3.08. The molecule has 1 aliphatic carbocycles. The summed E-state index contributed by atoms with van der Waals surface area (Å²) in [6, 6.07) is 2.96. The maximum atomic E-state index is 12.5. The number of fused-ring (bicyclic) bond motifs is 1. The van der Waals surface area contributed by atoms with E-state index in [1.165, 1.54) is 24.3 Å². The van der Waals surface area contributed by atoms with Crippen LogP contribution in [-0.4, -0.2) is 27.8 Å². The SMILES string of the molecule is Cc1ccc(O[C@H](C)C(=O)Nc2sc3c(c2C(N)=O)CCC3)c([N+](=O)[O-])n1. The van der Waals surface area contributed by atoms with Gasteiger partial charge in [0.05, 0.1) is 5.56 Å². The first-order valence-electron chi connectivity index (χ1n) is 8.31. The van der Waals surface area contributed by atoms with Gasteiger partial charge in [-0.3, -0.25) is 9.59 Å². The molecule has 0 unspecified atom stereocenters. The predicted octanol–water partition coefficient (Wildman–Crippen LogP) is 2.35. The maximum Gasteiger partial charge on any atom is 0.406 e. The van der Waals surface area contributed by atoms with E-state index in [-0.39, 0.29) is 5.75 Å². The van der Waals surface area contributed by atoms with Gasteiger partial charge in [0.25, 0.3) is 11.8 Å². The highest BCUT2D eigenvalue weighted by atomic mass is 32.1. The molecule has 10 heteroatoms. The molecule has 9 nitrogen and oxygen atoms in total. The molecule has 1 aliphatic rings. The number of rotatable bonds is 6. The van der Waals surface area contributed by atoms with Gasteiger partial charge in [0.2, 0.25) is 5.75 Å². The number of anilines is 1. The summed E-state index contributed by atoms with van der Waals surface area (Å²) in [5.74, 6) is -1.68. The lowest BCUT2D eigenvalue weighted by Crippen LogP contribution is -2.31. The summed E-state index contributed by atoms with van der Waals surface area (Å²) >= 11 is 1.33. The molecule has 2 heterocycles. The lowest BCUT2D eigenvalue weighted by Gasteiger charge is -2.14. The van der Waals surface area contributed by atoms with Crippen LogP contribution in [0, 0.1) is 17.0 Å². The highest BCUT2D eigenvalue weighted by Crippen LogP contribution is 2.39. The summed E-state index contributed by atoms with van der Waals surface area (Å²) in [5, 5.41) is 14.2. The average Bonchev–Trinajstić information content (AvgIpc) is 3.16. The number of carbonyl (C=O) groups is 2. The van der Waals surface area contributed by atoms with E-state index in [0.717, 1.165) is 29.7 Å². The van der Waals surface area contributed by atoms with E-state index in [2.05, 4.69) is 10.3 Å². The van der Waals surface area contributed by atoms with Crippen LogP contribution in [0.25, 0.3) is 0 Å². The van der Waals surface area contributed by atoms with E-state index in [4.69, 9.17) is 10.5 Å².